The van der Waals surface area contributed by atoms with Crippen molar-refractivity contribution in [3.63, 3.8) is 0 Å². The maximum atomic E-state index is 14.9. The molecule has 0 amide bonds. The van der Waals surface area contributed by atoms with E-state index >= 15 is 0 Å². The maximum Gasteiger partial charge on any atom is 0.183 e. The van der Waals surface area contributed by atoms with Gasteiger partial charge in [0, 0.05) is 22.3 Å². The number of Topliss-reactive ketones (excluding diaryl/α,β-unsaturated/α-hetero) is 4. The highest BCUT2D eigenvalue weighted by Crippen LogP contribution is 2.58. The summed E-state index contributed by atoms with van der Waals surface area (Å²) in [6.45, 7) is 12.5. The summed E-state index contributed by atoms with van der Waals surface area (Å²) in [5, 5.41) is 0. The Bertz CT molecular complexity index is 1590. The zero-order valence-electron chi connectivity index (χ0n) is 24.9. The van der Waals surface area contributed by atoms with Gasteiger partial charge in [-0.15, -0.1) is 0 Å². The molecule has 0 aromatic heterocycles. The van der Waals surface area contributed by atoms with Gasteiger partial charge in [0.05, 0.1) is 0 Å². The fourth-order valence-corrected chi connectivity index (χ4v) is 6.85. The highest BCUT2D eigenvalue weighted by atomic mass is 16.2. The molecule has 0 spiro atoms. The fourth-order valence-electron chi connectivity index (χ4n) is 6.85. The van der Waals surface area contributed by atoms with E-state index in [1.165, 1.54) is 0 Å². The van der Waals surface area contributed by atoms with Crippen LogP contribution in [0.1, 0.15) is 105 Å². The minimum absolute atomic E-state index is 0.186. The number of ketones is 4. The van der Waals surface area contributed by atoms with E-state index in [4.69, 9.17) is 0 Å². The highest BCUT2D eigenvalue weighted by Gasteiger charge is 2.75. The predicted molar refractivity (Wildman–Crippen MR) is 164 cm³/mol. The van der Waals surface area contributed by atoms with Crippen LogP contribution in [0.3, 0.4) is 0 Å². The van der Waals surface area contributed by atoms with Crippen LogP contribution in [0.15, 0.2) is 97.1 Å². The number of hydrogen-bond donors (Lipinski definition) is 0. The first kappa shape index (κ1) is 27.7. The lowest BCUT2D eigenvalue weighted by Gasteiger charge is -2.42. The Kier molecular flexibility index (Phi) is 5.96. The lowest BCUT2D eigenvalue weighted by atomic mass is 9.52. The Morgan fingerprint density at radius 1 is 0.381 bits per heavy atom. The summed E-state index contributed by atoms with van der Waals surface area (Å²) in [7, 11) is 0. The molecular weight excluding hydrogens is 520 g/mol. The average molecular weight is 555 g/mol. The van der Waals surface area contributed by atoms with Crippen molar-refractivity contribution in [2.45, 2.75) is 63.2 Å². The van der Waals surface area contributed by atoms with Gasteiger partial charge in [-0.05, 0) is 33.1 Å². The van der Waals surface area contributed by atoms with Gasteiger partial charge in [0.2, 0.25) is 0 Å². The minimum atomic E-state index is -2.12. The Morgan fingerprint density at radius 2 is 0.619 bits per heavy atom. The molecule has 4 nitrogen and oxygen atoms in total. The van der Waals surface area contributed by atoms with Crippen LogP contribution in [-0.2, 0) is 21.7 Å². The number of rotatable bonds is 3. The molecule has 0 saturated carbocycles. The van der Waals surface area contributed by atoms with Gasteiger partial charge in [-0.1, -0.05) is 139 Å². The molecule has 4 aromatic rings. The summed E-state index contributed by atoms with van der Waals surface area (Å²) in [6.07, 6.45) is 0. The maximum absolute atomic E-state index is 14.9. The summed E-state index contributed by atoms with van der Waals surface area (Å²) in [6, 6.07) is 27.9. The van der Waals surface area contributed by atoms with Crippen LogP contribution in [0.5, 0.6) is 0 Å². The molecule has 2 aliphatic rings. The third-order valence-electron chi connectivity index (χ3n) is 9.13. The summed E-state index contributed by atoms with van der Waals surface area (Å²) in [4.78, 5) is 59.7. The molecule has 0 heterocycles. The largest absolute Gasteiger partial charge is 0.293 e. The SMILES string of the molecule is CC(C)(C)c1ccc(C2(C3(c4ccc(C(C)(C)C)cc4)C(=O)c4ccccc4C3=O)C(=O)c3ccccc3C2=O)cc1. The molecule has 0 N–H and O–H groups in total. The summed E-state index contributed by atoms with van der Waals surface area (Å²) in [5.74, 6) is -2.11. The summed E-state index contributed by atoms with van der Waals surface area (Å²) >= 11 is 0. The van der Waals surface area contributed by atoms with Crippen molar-refractivity contribution in [3.8, 4) is 0 Å². The number of carbonyl (C=O) groups is 4. The van der Waals surface area contributed by atoms with Crippen molar-refractivity contribution < 1.29 is 19.2 Å². The summed E-state index contributed by atoms with van der Waals surface area (Å²) in [5.41, 5.74) is -1.01. The zero-order chi connectivity index (χ0) is 30.2. The van der Waals surface area contributed by atoms with Crippen LogP contribution in [0.25, 0.3) is 0 Å². The molecule has 0 radical (unpaired) electrons. The van der Waals surface area contributed by atoms with Crippen LogP contribution in [0.2, 0.25) is 0 Å². The topological polar surface area (TPSA) is 68.3 Å². The molecule has 2 aliphatic carbocycles. The smallest absolute Gasteiger partial charge is 0.183 e. The molecule has 42 heavy (non-hydrogen) atoms. The number of carbonyl (C=O) groups excluding carboxylic acids is 4. The van der Waals surface area contributed by atoms with E-state index in [0.717, 1.165) is 11.1 Å². The van der Waals surface area contributed by atoms with Gasteiger partial charge in [-0.2, -0.15) is 0 Å². The van der Waals surface area contributed by atoms with E-state index in [2.05, 4.69) is 41.5 Å². The molecule has 4 heteroatoms. The first-order valence-electron chi connectivity index (χ1n) is 14.4. The van der Waals surface area contributed by atoms with Crippen molar-refractivity contribution in [2.24, 2.45) is 0 Å². The second-order valence-corrected chi connectivity index (χ2v) is 13.6. The monoisotopic (exact) mass is 554 g/mol. The lowest BCUT2D eigenvalue weighted by molar-refractivity contribution is 0.0557. The van der Waals surface area contributed by atoms with Gasteiger partial charge < -0.3 is 0 Å². The molecule has 210 valence electrons. The first-order valence-corrected chi connectivity index (χ1v) is 14.4. The fraction of sp³-hybridized carbons (Fsp3) is 0.263. The molecule has 4 aromatic carbocycles. The van der Waals surface area contributed by atoms with Crippen LogP contribution in [0.4, 0.5) is 0 Å². The predicted octanol–water partition coefficient (Wildman–Crippen LogP) is 7.62. The molecule has 0 atom stereocenters. The number of hydrogen-bond acceptors (Lipinski definition) is 4. The van der Waals surface area contributed by atoms with Crippen LogP contribution in [0, 0.1) is 0 Å². The minimum Gasteiger partial charge on any atom is -0.293 e. The number of benzene rings is 4. The van der Waals surface area contributed by atoms with E-state index in [1.54, 1.807) is 72.8 Å². The zero-order valence-corrected chi connectivity index (χ0v) is 24.9. The molecule has 0 aliphatic heterocycles. The Labute approximate surface area is 246 Å². The highest BCUT2D eigenvalue weighted by molar-refractivity contribution is 6.45. The molecule has 0 saturated heterocycles. The van der Waals surface area contributed by atoms with Crippen molar-refractivity contribution in [2.75, 3.05) is 0 Å². The first-order chi connectivity index (χ1) is 19.8. The molecular formula is C38H34O4. The quantitative estimate of drug-likeness (QED) is 0.244. The van der Waals surface area contributed by atoms with E-state index in [9.17, 15) is 19.2 Å². The lowest BCUT2D eigenvalue weighted by Crippen LogP contribution is -2.62. The second-order valence-electron chi connectivity index (χ2n) is 13.6. The van der Waals surface area contributed by atoms with Crippen molar-refractivity contribution in [3.05, 3.63) is 142 Å². The van der Waals surface area contributed by atoms with E-state index in [1.807, 2.05) is 24.3 Å². The Morgan fingerprint density at radius 3 is 0.833 bits per heavy atom. The standard InChI is InChI=1S/C38H34O4/c1-35(2,3)23-15-19-25(20-16-23)37(31(39)27-11-7-8-12-28(27)32(37)40)38(26-21-17-24(18-22-26)36(4,5)6)33(41)29-13-9-10-14-30(29)34(38)42/h7-22H,1-6H3. The molecule has 0 unspecified atom stereocenters. The van der Waals surface area contributed by atoms with Gasteiger partial charge in [0.1, 0.15) is 10.8 Å². The van der Waals surface area contributed by atoms with Gasteiger partial charge in [0.25, 0.3) is 0 Å². The Hall–Kier alpha value is -4.44. The third kappa shape index (κ3) is 3.47. The molecule has 6 rings (SSSR count). The molecule has 0 bridgehead atoms. The van der Waals surface area contributed by atoms with E-state index in [-0.39, 0.29) is 33.1 Å². The average Bonchev–Trinajstić information content (AvgIpc) is 3.33. The van der Waals surface area contributed by atoms with Crippen LogP contribution in [-0.4, -0.2) is 23.1 Å². The normalized spacial score (nSPS) is 17.4. The second kappa shape index (κ2) is 9.03. The van der Waals surface area contributed by atoms with Gasteiger partial charge >= 0.3 is 0 Å². The van der Waals surface area contributed by atoms with Gasteiger partial charge in [0.15, 0.2) is 23.1 Å². The molecule has 0 fully saturated rings. The van der Waals surface area contributed by atoms with Crippen LogP contribution >= 0.6 is 0 Å². The Balaban J connectivity index is 1.75. The number of fused-ring (bicyclic) bond motifs is 2. The summed E-state index contributed by atoms with van der Waals surface area (Å²) < 4.78 is 0. The van der Waals surface area contributed by atoms with E-state index < -0.39 is 34.0 Å². The van der Waals surface area contributed by atoms with Crippen molar-refractivity contribution in [1.82, 2.24) is 0 Å². The van der Waals surface area contributed by atoms with Gasteiger partial charge in [-0.3, -0.25) is 19.2 Å². The van der Waals surface area contributed by atoms with Crippen LogP contribution < -0.4 is 0 Å². The van der Waals surface area contributed by atoms with E-state index in [0.29, 0.717) is 11.1 Å². The van der Waals surface area contributed by atoms with Gasteiger partial charge in [-0.25, -0.2) is 0 Å². The van der Waals surface area contributed by atoms with Crippen molar-refractivity contribution in [1.29, 1.82) is 0 Å². The third-order valence-corrected chi connectivity index (χ3v) is 9.13. The van der Waals surface area contributed by atoms with Crippen molar-refractivity contribution >= 4 is 23.1 Å².